The lowest BCUT2D eigenvalue weighted by atomic mass is 10.1. The van der Waals surface area contributed by atoms with Gasteiger partial charge in [0.2, 0.25) is 0 Å². The molecule has 0 saturated carbocycles. The Kier molecular flexibility index (Phi) is 5.43. The predicted octanol–water partition coefficient (Wildman–Crippen LogP) is 2.88. The van der Waals surface area contributed by atoms with Gasteiger partial charge in [0.1, 0.15) is 5.75 Å². The molecular weight excluding hydrogens is 247 g/mol. The summed E-state index contributed by atoms with van der Waals surface area (Å²) in [7, 11) is 1.66. The van der Waals surface area contributed by atoms with Crippen molar-refractivity contribution in [2.45, 2.75) is 19.3 Å². The van der Waals surface area contributed by atoms with Crippen LogP contribution in [-0.2, 0) is 4.74 Å². The van der Waals surface area contributed by atoms with Crippen molar-refractivity contribution in [2.75, 3.05) is 20.3 Å². The smallest absolute Gasteiger partial charge is 0.405 e. The zero-order chi connectivity index (χ0) is 13.6. The van der Waals surface area contributed by atoms with Crippen molar-refractivity contribution >= 4 is 0 Å². The fourth-order valence-electron chi connectivity index (χ4n) is 1.55. The van der Waals surface area contributed by atoms with Gasteiger partial charge in [-0.1, -0.05) is 18.2 Å². The molecule has 1 aromatic carbocycles. The number of halogens is 3. The molecule has 0 aliphatic heterocycles. The summed E-state index contributed by atoms with van der Waals surface area (Å²) in [6.45, 7) is 2.61. The van der Waals surface area contributed by atoms with Crippen molar-refractivity contribution in [3.8, 4) is 5.75 Å². The van der Waals surface area contributed by atoms with Crippen molar-refractivity contribution in [3.63, 3.8) is 0 Å². The van der Waals surface area contributed by atoms with E-state index in [4.69, 9.17) is 4.74 Å². The van der Waals surface area contributed by atoms with Gasteiger partial charge in [-0.05, 0) is 20.0 Å². The Morgan fingerprint density at radius 2 is 1.94 bits per heavy atom. The van der Waals surface area contributed by atoms with Gasteiger partial charge in [-0.25, -0.2) is 0 Å². The third-order valence-corrected chi connectivity index (χ3v) is 2.36. The fraction of sp³-hybridized carbons (Fsp3) is 0.500. The van der Waals surface area contributed by atoms with E-state index in [1.807, 2.05) is 6.92 Å². The second kappa shape index (κ2) is 6.61. The molecule has 0 bridgehead atoms. The van der Waals surface area contributed by atoms with Crippen LogP contribution in [0.25, 0.3) is 0 Å². The Balaban J connectivity index is 2.91. The quantitative estimate of drug-likeness (QED) is 0.856. The van der Waals surface area contributed by atoms with E-state index in [1.165, 1.54) is 12.1 Å². The molecule has 0 aliphatic rings. The molecule has 18 heavy (non-hydrogen) atoms. The molecule has 0 fully saturated rings. The molecule has 0 heterocycles. The SMILES string of the molecule is CCOCC(NC)c1ccccc1OC(F)(F)F. The maximum Gasteiger partial charge on any atom is 0.573 e. The van der Waals surface area contributed by atoms with Crippen molar-refractivity contribution in [1.29, 1.82) is 0 Å². The van der Waals surface area contributed by atoms with Crippen LogP contribution in [0.2, 0.25) is 0 Å². The second-order valence-electron chi connectivity index (χ2n) is 3.59. The molecule has 1 unspecified atom stereocenters. The highest BCUT2D eigenvalue weighted by molar-refractivity contribution is 5.36. The summed E-state index contributed by atoms with van der Waals surface area (Å²) in [6, 6.07) is 5.69. The largest absolute Gasteiger partial charge is 0.573 e. The van der Waals surface area contributed by atoms with Gasteiger partial charge < -0.3 is 14.8 Å². The summed E-state index contributed by atoms with van der Waals surface area (Å²) in [5.41, 5.74) is 0.422. The van der Waals surface area contributed by atoms with Gasteiger partial charge in [-0.15, -0.1) is 13.2 Å². The summed E-state index contributed by atoms with van der Waals surface area (Å²) in [4.78, 5) is 0. The van der Waals surface area contributed by atoms with Crippen LogP contribution < -0.4 is 10.1 Å². The minimum absolute atomic E-state index is 0.205. The highest BCUT2D eigenvalue weighted by Gasteiger charge is 2.32. The van der Waals surface area contributed by atoms with Crippen molar-refractivity contribution in [2.24, 2.45) is 0 Å². The van der Waals surface area contributed by atoms with E-state index in [2.05, 4.69) is 10.1 Å². The number of rotatable bonds is 6. The summed E-state index contributed by atoms with van der Waals surface area (Å²) in [5.74, 6) is -0.205. The van der Waals surface area contributed by atoms with Crippen LogP contribution in [0.1, 0.15) is 18.5 Å². The van der Waals surface area contributed by atoms with Crippen molar-refractivity contribution in [1.82, 2.24) is 5.32 Å². The highest BCUT2D eigenvalue weighted by Crippen LogP contribution is 2.30. The maximum absolute atomic E-state index is 12.3. The lowest BCUT2D eigenvalue weighted by Gasteiger charge is -2.20. The Hall–Kier alpha value is -1.27. The third-order valence-electron chi connectivity index (χ3n) is 2.36. The van der Waals surface area contributed by atoms with Gasteiger partial charge in [0, 0.05) is 12.2 Å². The van der Waals surface area contributed by atoms with E-state index >= 15 is 0 Å². The summed E-state index contributed by atoms with van der Waals surface area (Å²) >= 11 is 0. The zero-order valence-electron chi connectivity index (χ0n) is 10.3. The summed E-state index contributed by atoms with van der Waals surface area (Å²) < 4.78 is 46.0. The molecule has 1 aromatic rings. The Morgan fingerprint density at radius 3 is 2.50 bits per heavy atom. The van der Waals surface area contributed by atoms with Gasteiger partial charge in [0.15, 0.2) is 0 Å². The Morgan fingerprint density at radius 1 is 1.28 bits per heavy atom. The minimum Gasteiger partial charge on any atom is -0.405 e. The summed E-state index contributed by atoms with van der Waals surface area (Å²) in [6.07, 6.45) is -4.69. The fourth-order valence-corrected chi connectivity index (χ4v) is 1.55. The molecule has 0 aliphatic carbocycles. The molecule has 1 rings (SSSR count). The molecule has 3 nitrogen and oxygen atoms in total. The van der Waals surface area contributed by atoms with Gasteiger partial charge >= 0.3 is 6.36 Å². The van der Waals surface area contributed by atoms with Gasteiger partial charge in [-0.2, -0.15) is 0 Å². The van der Waals surface area contributed by atoms with E-state index in [0.717, 1.165) is 0 Å². The number of likely N-dealkylation sites (N-methyl/N-ethyl adjacent to an activating group) is 1. The first-order valence-corrected chi connectivity index (χ1v) is 5.57. The van der Waals surface area contributed by atoms with Crippen LogP contribution in [0.4, 0.5) is 13.2 Å². The average molecular weight is 263 g/mol. The van der Waals surface area contributed by atoms with Crippen LogP contribution >= 0.6 is 0 Å². The van der Waals surface area contributed by atoms with Gasteiger partial charge in [0.25, 0.3) is 0 Å². The number of hydrogen-bond donors (Lipinski definition) is 1. The van der Waals surface area contributed by atoms with Crippen LogP contribution in [0.5, 0.6) is 5.75 Å². The maximum atomic E-state index is 12.3. The second-order valence-corrected chi connectivity index (χ2v) is 3.59. The average Bonchev–Trinajstić information content (AvgIpc) is 2.30. The number of para-hydroxylation sites is 1. The molecule has 0 saturated heterocycles. The normalized spacial score (nSPS) is 13.4. The standard InChI is InChI=1S/C12H16F3NO2/c1-3-17-8-10(16-2)9-6-4-5-7-11(9)18-12(13,14)15/h4-7,10,16H,3,8H2,1-2H3. The van der Waals surface area contributed by atoms with Crippen LogP contribution in [0.15, 0.2) is 24.3 Å². The molecule has 1 N–H and O–H groups in total. The van der Waals surface area contributed by atoms with Gasteiger partial charge in [0.05, 0.1) is 12.6 Å². The van der Waals surface area contributed by atoms with E-state index in [1.54, 1.807) is 19.2 Å². The van der Waals surface area contributed by atoms with E-state index in [-0.39, 0.29) is 18.4 Å². The number of alkyl halides is 3. The van der Waals surface area contributed by atoms with Gasteiger partial charge in [-0.3, -0.25) is 0 Å². The number of hydrogen-bond acceptors (Lipinski definition) is 3. The molecule has 6 heteroatoms. The molecule has 0 amide bonds. The molecule has 0 aromatic heterocycles. The molecule has 0 spiro atoms. The summed E-state index contributed by atoms with van der Waals surface area (Å²) in [5, 5.41) is 2.91. The van der Waals surface area contributed by atoms with E-state index in [0.29, 0.717) is 12.2 Å². The number of benzene rings is 1. The topological polar surface area (TPSA) is 30.5 Å². The molecule has 1 atom stereocenters. The predicted molar refractivity (Wildman–Crippen MR) is 61.4 cm³/mol. The molecular formula is C12H16F3NO2. The monoisotopic (exact) mass is 263 g/mol. The first kappa shape index (κ1) is 14.8. The molecule has 0 radical (unpaired) electrons. The van der Waals surface area contributed by atoms with Crippen LogP contribution in [0, 0.1) is 0 Å². The first-order chi connectivity index (χ1) is 8.48. The van der Waals surface area contributed by atoms with Crippen molar-refractivity contribution in [3.05, 3.63) is 29.8 Å². The molecule has 102 valence electrons. The lowest BCUT2D eigenvalue weighted by molar-refractivity contribution is -0.275. The Labute approximate surface area is 104 Å². The zero-order valence-corrected chi connectivity index (χ0v) is 10.3. The third kappa shape index (κ3) is 4.54. The minimum atomic E-state index is -4.69. The van der Waals surface area contributed by atoms with Crippen molar-refractivity contribution < 1.29 is 22.6 Å². The van der Waals surface area contributed by atoms with E-state index in [9.17, 15) is 13.2 Å². The lowest BCUT2D eigenvalue weighted by Crippen LogP contribution is -2.24. The van der Waals surface area contributed by atoms with Crippen LogP contribution in [0.3, 0.4) is 0 Å². The number of ether oxygens (including phenoxy) is 2. The Bertz CT molecular complexity index is 369. The first-order valence-electron chi connectivity index (χ1n) is 5.57. The van der Waals surface area contributed by atoms with Crippen LogP contribution in [-0.4, -0.2) is 26.6 Å². The highest BCUT2D eigenvalue weighted by atomic mass is 19.4. The number of nitrogens with one attached hydrogen (secondary N) is 1. The van der Waals surface area contributed by atoms with E-state index < -0.39 is 6.36 Å².